The lowest BCUT2D eigenvalue weighted by Gasteiger charge is -2.13. The average Bonchev–Trinajstić information content (AvgIpc) is 3.23. The van der Waals surface area contributed by atoms with E-state index in [1.54, 1.807) is 6.92 Å². The van der Waals surface area contributed by atoms with Gasteiger partial charge in [0, 0.05) is 6.54 Å². The van der Waals surface area contributed by atoms with Crippen LogP contribution in [0, 0.1) is 0 Å². The molecule has 1 unspecified atom stereocenters. The number of benzene rings is 2. The normalized spacial score (nSPS) is 12.7. The van der Waals surface area contributed by atoms with Crippen molar-refractivity contribution in [2.24, 2.45) is 0 Å². The van der Waals surface area contributed by atoms with Crippen LogP contribution in [0.1, 0.15) is 63.3 Å². The van der Waals surface area contributed by atoms with Gasteiger partial charge in [-0.1, -0.05) is 62.8 Å². The molecule has 0 aliphatic rings. The molecule has 2 N–H and O–H groups in total. The lowest BCUT2D eigenvalue weighted by molar-refractivity contribution is -0.117. The maximum Gasteiger partial charge on any atom is 0.240 e. The summed E-state index contributed by atoms with van der Waals surface area (Å²) in [5.41, 5.74) is 1.11. The van der Waals surface area contributed by atoms with E-state index in [9.17, 15) is 13.2 Å². The maximum atomic E-state index is 12.9. The van der Waals surface area contributed by atoms with E-state index in [0.717, 1.165) is 29.5 Å². The van der Waals surface area contributed by atoms with E-state index in [4.69, 9.17) is 11.6 Å². The number of unbranched alkanes of at least 4 members (excludes halogenated alkanes) is 5. The number of amides is 1. The summed E-state index contributed by atoms with van der Waals surface area (Å²) in [4.78, 5) is 17.5. The highest BCUT2D eigenvalue weighted by molar-refractivity contribution is 7.89. The van der Waals surface area contributed by atoms with Gasteiger partial charge in [0.1, 0.15) is 5.01 Å². The molecular formula is C24H30ClN3O3S2. The number of nitrogens with zero attached hydrogens (tertiary/aromatic N) is 1. The molecule has 0 fully saturated rings. The van der Waals surface area contributed by atoms with Crippen LogP contribution in [0.25, 0.3) is 10.2 Å². The molecule has 9 heteroatoms. The molecule has 0 radical (unpaired) electrons. The Kier molecular flexibility index (Phi) is 9.26. The smallest absolute Gasteiger partial charge is 0.240 e. The molecule has 0 spiro atoms. The van der Waals surface area contributed by atoms with Gasteiger partial charge in [-0.2, -0.15) is 0 Å². The Morgan fingerprint density at radius 3 is 2.58 bits per heavy atom. The number of anilines is 1. The Morgan fingerprint density at radius 2 is 1.82 bits per heavy atom. The van der Waals surface area contributed by atoms with Gasteiger partial charge in [-0.15, -0.1) is 11.3 Å². The number of nitrogens with one attached hydrogen (secondary N) is 2. The van der Waals surface area contributed by atoms with Gasteiger partial charge in [0.15, 0.2) is 0 Å². The third-order valence-corrected chi connectivity index (χ3v) is 8.41. The Bertz CT molecular complexity index is 1160. The van der Waals surface area contributed by atoms with Crippen LogP contribution in [0.2, 0.25) is 5.02 Å². The van der Waals surface area contributed by atoms with E-state index >= 15 is 0 Å². The van der Waals surface area contributed by atoms with Crippen molar-refractivity contribution in [1.29, 1.82) is 0 Å². The number of thiazole rings is 1. The molecule has 2 aromatic carbocycles. The van der Waals surface area contributed by atoms with Crippen molar-refractivity contribution < 1.29 is 13.2 Å². The molecule has 33 heavy (non-hydrogen) atoms. The number of carbonyl (C=O) groups excluding carboxylic acids is 1. The Hall–Kier alpha value is -2.00. The van der Waals surface area contributed by atoms with Gasteiger partial charge in [-0.25, -0.2) is 18.1 Å². The summed E-state index contributed by atoms with van der Waals surface area (Å²) in [5, 5.41) is 3.73. The van der Waals surface area contributed by atoms with Crippen LogP contribution in [0.5, 0.6) is 0 Å². The van der Waals surface area contributed by atoms with Crippen molar-refractivity contribution in [3.8, 4) is 0 Å². The van der Waals surface area contributed by atoms with E-state index in [1.165, 1.54) is 48.8 Å². The first-order valence-corrected chi connectivity index (χ1v) is 13.9. The van der Waals surface area contributed by atoms with Gasteiger partial charge in [-0.05, 0) is 43.7 Å². The minimum Gasteiger partial charge on any atom is -0.324 e. The van der Waals surface area contributed by atoms with Crippen LogP contribution in [0.3, 0.4) is 0 Å². The fourth-order valence-corrected chi connectivity index (χ4v) is 5.67. The number of halogens is 1. The average molecular weight is 508 g/mol. The van der Waals surface area contributed by atoms with Crippen molar-refractivity contribution in [2.75, 3.05) is 11.9 Å². The molecule has 0 saturated heterocycles. The second-order valence-corrected chi connectivity index (χ2v) is 11.3. The quantitative estimate of drug-likeness (QED) is 0.280. The van der Waals surface area contributed by atoms with Gasteiger partial charge >= 0.3 is 0 Å². The highest BCUT2D eigenvalue weighted by Crippen LogP contribution is 2.30. The number of carbonyl (C=O) groups is 1. The Balaban J connectivity index is 1.63. The molecule has 0 aliphatic carbocycles. The molecule has 6 nitrogen and oxygen atoms in total. The van der Waals surface area contributed by atoms with Crippen LogP contribution in [0.4, 0.5) is 5.69 Å². The van der Waals surface area contributed by atoms with Crippen molar-refractivity contribution in [3.63, 3.8) is 0 Å². The standard InChI is InChI=1S/C24H30ClN3O3S2/c1-3-4-5-6-7-10-15-26-33(30,31)18-13-14-19(25)21(16-18)27-23(29)17(2)24-28-20-11-8-9-12-22(20)32-24/h8-9,11-14,16-17,26H,3-7,10,15H2,1-2H3,(H,27,29). The summed E-state index contributed by atoms with van der Waals surface area (Å²) in [6, 6.07) is 12.0. The van der Waals surface area contributed by atoms with Crippen LogP contribution in [-0.4, -0.2) is 25.9 Å². The number of para-hydroxylation sites is 1. The second kappa shape index (κ2) is 11.9. The van der Waals surface area contributed by atoms with E-state index in [2.05, 4.69) is 21.9 Å². The Labute approximate surface area is 204 Å². The molecule has 0 aliphatic heterocycles. The zero-order chi connectivity index (χ0) is 23.8. The van der Waals surface area contributed by atoms with Gasteiger partial charge in [0.2, 0.25) is 15.9 Å². The van der Waals surface area contributed by atoms with Crippen LogP contribution in [0.15, 0.2) is 47.4 Å². The minimum atomic E-state index is -3.69. The van der Waals surface area contributed by atoms with Crippen molar-refractivity contribution in [1.82, 2.24) is 9.71 Å². The predicted octanol–water partition coefficient (Wildman–Crippen LogP) is 6.33. The van der Waals surface area contributed by atoms with E-state index in [1.807, 2.05) is 24.3 Å². The molecule has 0 bridgehead atoms. The van der Waals surface area contributed by atoms with Gasteiger partial charge in [0.25, 0.3) is 0 Å². The van der Waals surface area contributed by atoms with Crippen LogP contribution >= 0.6 is 22.9 Å². The molecule has 1 aromatic heterocycles. The second-order valence-electron chi connectivity index (χ2n) is 8.04. The third kappa shape index (κ3) is 6.99. The molecule has 1 heterocycles. The first kappa shape index (κ1) is 25.6. The zero-order valence-corrected chi connectivity index (χ0v) is 21.3. The fraction of sp³-hybridized carbons (Fsp3) is 0.417. The number of hydrogen-bond donors (Lipinski definition) is 2. The minimum absolute atomic E-state index is 0.0702. The lowest BCUT2D eigenvalue weighted by Crippen LogP contribution is -2.25. The number of fused-ring (bicyclic) bond motifs is 1. The summed E-state index contributed by atoms with van der Waals surface area (Å²) >= 11 is 7.71. The summed E-state index contributed by atoms with van der Waals surface area (Å²) < 4.78 is 29.0. The summed E-state index contributed by atoms with van der Waals surface area (Å²) in [5.74, 6) is -0.810. The summed E-state index contributed by atoms with van der Waals surface area (Å²) in [7, 11) is -3.69. The van der Waals surface area contributed by atoms with Crippen molar-refractivity contribution in [2.45, 2.75) is 63.2 Å². The molecule has 1 amide bonds. The number of sulfonamides is 1. The molecule has 178 valence electrons. The molecule has 1 atom stereocenters. The van der Waals surface area contributed by atoms with Gasteiger partial charge in [0.05, 0.1) is 31.7 Å². The first-order valence-electron chi connectivity index (χ1n) is 11.3. The SMILES string of the molecule is CCCCCCCCNS(=O)(=O)c1ccc(Cl)c(NC(=O)C(C)c2nc3ccccc3s2)c1. The van der Waals surface area contributed by atoms with Crippen molar-refractivity contribution in [3.05, 3.63) is 52.5 Å². The van der Waals surface area contributed by atoms with E-state index in [0.29, 0.717) is 11.6 Å². The number of hydrogen-bond acceptors (Lipinski definition) is 5. The third-order valence-electron chi connectivity index (χ3n) is 5.40. The number of rotatable bonds is 12. The molecule has 3 rings (SSSR count). The summed E-state index contributed by atoms with van der Waals surface area (Å²) in [6.07, 6.45) is 6.47. The highest BCUT2D eigenvalue weighted by Gasteiger charge is 2.22. The van der Waals surface area contributed by atoms with Gasteiger partial charge < -0.3 is 5.32 Å². The van der Waals surface area contributed by atoms with E-state index in [-0.39, 0.29) is 21.5 Å². The monoisotopic (exact) mass is 507 g/mol. The highest BCUT2D eigenvalue weighted by atomic mass is 35.5. The molecule has 0 saturated carbocycles. The van der Waals surface area contributed by atoms with Crippen molar-refractivity contribution >= 4 is 54.8 Å². The van der Waals surface area contributed by atoms with Crippen LogP contribution < -0.4 is 10.0 Å². The fourth-order valence-electron chi connectivity index (χ4n) is 3.39. The maximum absolute atomic E-state index is 12.9. The number of aromatic nitrogens is 1. The largest absolute Gasteiger partial charge is 0.324 e. The zero-order valence-electron chi connectivity index (χ0n) is 18.9. The molecule has 3 aromatic rings. The predicted molar refractivity (Wildman–Crippen MR) is 137 cm³/mol. The summed E-state index contributed by atoms with van der Waals surface area (Å²) in [6.45, 7) is 4.32. The molecular weight excluding hydrogens is 478 g/mol. The topological polar surface area (TPSA) is 88.2 Å². The van der Waals surface area contributed by atoms with Gasteiger partial charge in [-0.3, -0.25) is 4.79 Å². The lowest BCUT2D eigenvalue weighted by atomic mass is 10.1. The first-order chi connectivity index (χ1) is 15.8. The Morgan fingerprint density at radius 1 is 1.09 bits per heavy atom. The van der Waals surface area contributed by atoms with Crippen LogP contribution in [-0.2, 0) is 14.8 Å². The van der Waals surface area contributed by atoms with E-state index < -0.39 is 15.9 Å².